The number of alkyl halides is 3. The van der Waals surface area contributed by atoms with Crippen LogP contribution in [0.3, 0.4) is 0 Å². The van der Waals surface area contributed by atoms with Gasteiger partial charge in [-0.25, -0.2) is 4.79 Å². The van der Waals surface area contributed by atoms with Gasteiger partial charge in [-0.15, -0.1) is 0 Å². The highest BCUT2D eigenvalue weighted by atomic mass is 35.5. The minimum Gasteiger partial charge on any atom is -0.424 e. The highest BCUT2D eigenvalue weighted by molar-refractivity contribution is 6.31. The first-order valence-corrected chi connectivity index (χ1v) is 7.95. The number of hydrogen-bond donors (Lipinski definition) is 2. The van der Waals surface area contributed by atoms with Crippen molar-refractivity contribution in [1.29, 1.82) is 0 Å². The summed E-state index contributed by atoms with van der Waals surface area (Å²) in [5.74, 6) is -3.81. The zero-order valence-electron chi connectivity index (χ0n) is 13.1. The second-order valence-electron chi connectivity index (χ2n) is 5.45. The molecule has 0 spiro atoms. The lowest BCUT2D eigenvalue weighted by atomic mass is 10.2. The molecular weight excluding hydrogens is 396 g/mol. The van der Waals surface area contributed by atoms with E-state index in [4.69, 9.17) is 32.7 Å². The van der Waals surface area contributed by atoms with E-state index >= 15 is 0 Å². The van der Waals surface area contributed by atoms with E-state index in [2.05, 4.69) is 5.32 Å². The number of nitrogens with one attached hydrogen (secondary N) is 2. The van der Waals surface area contributed by atoms with Crippen molar-refractivity contribution in [3.05, 3.63) is 52.0 Å². The summed E-state index contributed by atoms with van der Waals surface area (Å²) in [6.07, 6.45) is -5.06. The number of amides is 2. The van der Waals surface area contributed by atoms with Crippen LogP contribution in [0.15, 0.2) is 36.4 Å². The first-order valence-electron chi connectivity index (χ1n) is 7.19. The van der Waals surface area contributed by atoms with Gasteiger partial charge in [0.15, 0.2) is 11.5 Å². The minimum atomic E-state index is -5.06. The fourth-order valence-electron chi connectivity index (χ4n) is 2.28. The Balaban J connectivity index is 1.83. The number of halogens is 5. The molecule has 0 saturated heterocycles. The quantitative estimate of drug-likeness (QED) is 0.728. The Morgan fingerprint density at radius 1 is 1.04 bits per heavy atom. The molecule has 1 aliphatic heterocycles. The van der Waals surface area contributed by atoms with Gasteiger partial charge in [0.25, 0.3) is 0 Å². The summed E-state index contributed by atoms with van der Waals surface area (Å²) in [5, 5.41) is 4.58. The summed E-state index contributed by atoms with van der Waals surface area (Å²) in [7, 11) is 0. The Kier molecular flexibility index (Phi) is 4.58. The van der Waals surface area contributed by atoms with Crippen LogP contribution in [0.5, 0.6) is 11.5 Å². The summed E-state index contributed by atoms with van der Waals surface area (Å²) in [6, 6.07) is 7.05. The summed E-state index contributed by atoms with van der Waals surface area (Å²) in [6.45, 7) is 1.64. The molecule has 0 aromatic heterocycles. The molecule has 138 valence electrons. The molecule has 1 heterocycles. The molecule has 2 aromatic carbocycles. The molecule has 3 rings (SSSR count). The topological polar surface area (TPSA) is 59.6 Å². The number of aryl methyl sites for hydroxylation is 1. The van der Waals surface area contributed by atoms with E-state index in [1.54, 1.807) is 18.3 Å². The van der Waals surface area contributed by atoms with Gasteiger partial charge >= 0.3 is 18.1 Å². The van der Waals surface area contributed by atoms with Gasteiger partial charge in [-0.2, -0.15) is 13.2 Å². The van der Waals surface area contributed by atoms with Crippen LogP contribution in [0.1, 0.15) is 5.56 Å². The summed E-state index contributed by atoms with van der Waals surface area (Å²) in [5.41, 5.74) is 0.847. The monoisotopic (exact) mass is 406 g/mol. The van der Waals surface area contributed by atoms with Crippen LogP contribution in [-0.4, -0.2) is 18.1 Å². The van der Waals surface area contributed by atoms with E-state index in [0.29, 0.717) is 10.6 Å². The first-order chi connectivity index (χ1) is 12.1. The van der Waals surface area contributed by atoms with Crippen LogP contribution in [0.25, 0.3) is 0 Å². The van der Waals surface area contributed by atoms with Gasteiger partial charge < -0.3 is 14.8 Å². The normalized spacial score (nSPS) is 18.5. The van der Waals surface area contributed by atoms with Crippen LogP contribution in [-0.2, 0) is 0 Å². The molecule has 2 amide bonds. The Morgan fingerprint density at radius 2 is 1.65 bits per heavy atom. The lowest BCUT2D eigenvalue weighted by Gasteiger charge is -2.29. The van der Waals surface area contributed by atoms with Gasteiger partial charge in [-0.05, 0) is 42.8 Å². The van der Waals surface area contributed by atoms with Crippen LogP contribution < -0.4 is 20.1 Å². The second-order valence-corrected chi connectivity index (χ2v) is 6.32. The molecule has 1 atom stereocenters. The van der Waals surface area contributed by atoms with Crippen molar-refractivity contribution >= 4 is 34.9 Å². The zero-order chi connectivity index (χ0) is 19.1. The molecule has 2 N–H and O–H groups in total. The van der Waals surface area contributed by atoms with Crippen LogP contribution in [0.4, 0.5) is 23.7 Å². The third kappa shape index (κ3) is 3.47. The standard InChI is InChI=1S/C16H11Cl2F3N2O3/c1-8-6-9(17)2-4-11(8)22-14(24)23-16(15(19,20)21)25-12-5-3-10(18)7-13(12)26-16/h2-7H,1H3,(H2,22,23,24)/t16-/m0/s1. The van der Waals surface area contributed by atoms with Crippen molar-refractivity contribution in [2.75, 3.05) is 5.32 Å². The predicted molar refractivity (Wildman–Crippen MR) is 89.8 cm³/mol. The molecule has 0 bridgehead atoms. The van der Waals surface area contributed by atoms with Gasteiger partial charge in [-0.3, -0.25) is 5.32 Å². The zero-order valence-corrected chi connectivity index (χ0v) is 14.6. The number of fused-ring (bicyclic) bond motifs is 1. The van der Waals surface area contributed by atoms with E-state index in [1.165, 1.54) is 24.3 Å². The molecule has 10 heteroatoms. The van der Waals surface area contributed by atoms with E-state index in [9.17, 15) is 18.0 Å². The number of urea groups is 1. The summed E-state index contributed by atoms with van der Waals surface area (Å²) in [4.78, 5) is 12.1. The Hall–Kier alpha value is -2.32. The molecule has 0 fully saturated rings. The van der Waals surface area contributed by atoms with Gasteiger partial charge in [-0.1, -0.05) is 23.2 Å². The van der Waals surface area contributed by atoms with E-state index in [0.717, 1.165) is 6.07 Å². The van der Waals surface area contributed by atoms with Gasteiger partial charge in [0.1, 0.15) is 0 Å². The third-order valence-electron chi connectivity index (χ3n) is 3.50. The number of hydrogen-bond acceptors (Lipinski definition) is 3. The van der Waals surface area contributed by atoms with Crippen molar-refractivity contribution < 1.29 is 27.4 Å². The fraction of sp³-hybridized carbons (Fsp3) is 0.188. The average Bonchev–Trinajstić information content (AvgIpc) is 2.88. The third-order valence-corrected chi connectivity index (χ3v) is 3.97. The average molecular weight is 407 g/mol. The van der Waals surface area contributed by atoms with Crippen LogP contribution in [0.2, 0.25) is 10.0 Å². The van der Waals surface area contributed by atoms with E-state index < -0.39 is 18.1 Å². The van der Waals surface area contributed by atoms with Gasteiger partial charge in [0, 0.05) is 21.8 Å². The number of carbonyl (C=O) groups excluding carboxylic acids is 1. The summed E-state index contributed by atoms with van der Waals surface area (Å²) < 4.78 is 50.5. The minimum absolute atomic E-state index is 0.159. The molecule has 0 saturated carbocycles. The van der Waals surface area contributed by atoms with Crippen LogP contribution in [0, 0.1) is 6.92 Å². The Labute approximate surface area is 156 Å². The molecule has 2 aromatic rings. The molecule has 5 nitrogen and oxygen atoms in total. The SMILES string of the molecule is Cc1cc(Cl)ccc1NC(=O)N[C@@]1(C(F)(F)F)Oc2ccc(Cl)cc2O1. The van der Waals surface area contributed by atoms with Crippen molar-refractivity contribution in [3.63, 3.8) is 0 Å². The first kappa shape index (κ1) is 18.5. The molecule has 0 radical (unpaired) electrons. The highest BCUT2D eigenvalue weighted by Crippen LogP contribution is 2.46. The Morgan fingerprint density at radius 3 is 2.31 bits per heavy atom. The van der Waals surface area contributed by atoms with Crippen molar-refractivity contribution in [2.45, 2.75) is 19.0 Å². The number of ether oxygens (including phenoxy) is 2. The maximum Gasteiger partial charge on any atom is 0.492 e. The molecule has 26 heavy (non-hydrogen) atoms. The van der Waals surface area contributed by atoms with Gasteiger partial charge in [0.2, 0.25) is 0 Å². The van der Waals surface area contributed by atoms with Crippen molar-refractivity contribution in [3.8, 4) is 11.5 Å². The predicted octanol–water partition coefficient (Wildman–Crippen LogP) is 5.11. The lowest BCUT2D eigenvalue weighted by Crippen LogP contribution is -2.65. The number of anilines is 1. The van der Waals surface area contributed by atoms with Crippen LogP contribution >= 0.6 is 23.2 Å². The molecular formula is C16H11Cl2F3N2O3. The lowest BCUT2D eigenvalue weighted by molar-refractivity contribution is -0.317. The smallest absolute Gasteiger partial charge is 0.424 e. The van der Waals surface area contributed by atoms with Crippen molar-refractivity contribution in [2.24, 2.45) is 0 Å². The van der Waals surface area contributed by atoms with E-state index in [-0.39, 0.29) is 22.2 Å². The maximum absolute atomic E-state index is 13.6. The number of carbonyl (C=O) groups is 1. The van der Waals surface area contributed by atoms with Gasteiger partial charge in [0.05, 0.1) is 0 Å². The fourth-order valence-corrected chi connectivity index (χ4v) is 2.67. The Bertz CT molecular complexity index is 876. The van der Waals surface area contributed by atoms with Crippen molar-refractivity contribution in [1.82, 2.24) is 5.32 Å². The number of benzene rings is 2. The van der Waals surface area contributed by atoms with E-state index in [1.807, 2.05) is 0 Å². The molecule has 0 aliphatic carbocycles. The summed E-state index contributed by atoms with van der Waals surface area (Å²) >= 11 is 11.6. The number of rotatable bonds is 2. The highest BCUT2D eigenvalue weighted by Gasteiger charge is 2.65. The molecule has 1 aliphatic rings. The largest absolute Gasteiger partial charge is 0.492 e. The molecule has 0 unspecified atom stereocenters. The second kappa shape index (κ2) is 6.44. The maximum atomic E-state index is 13.6.